The van der Waals surface area contributed by atoms with E-state index in [4.69, 9.17) is 15.2 Å². The summed E-state index contributed by atoms with van der Waals surface area (Å²) in [5.41, 5.74) is 5.74. The number of nitrogens with two attached hydrogens (primary N) is 1. The number of rotatable bonds is 10. The second kappa shape index (κ2) is 12.0. The fourth-order valence-corrected chi connectivity index (χ4v) is 5.63. The number of aromatic nitrogens is 2. The molecule has 0 spiro atoms. The summed E-state index contributed by atoms with van der Waals surface area (Å²) in [6, 6.07) is 9.75. The van der Waals surface area contributed by atoms with Crippen LogP contribution < -0.4 is 15.2 Å². The third kappa shape index (κ3) is 6.58. The fraction of sp³-hybridized carbons (Fsp3) is 0.357. The lowest BCUT2D eigenvalue weighted by atomic mass is 10.1. The number of phenols is 1. The molecule has 1 saturated heterocycles. The summed E-state index contributed by atoms with van der Waals surface area (Å²) in [6.07, 6.45) is -2.21. The molecule has 3 heterocycles. The van der Waals surface area contributed by atoms with Gasteiger partial charge in [0.05, 0.1) is 23.2 Å². The van der Waals surface area contributed by atoms with Crippen LogP contribution in [-0.2, 0) is 12.8 Å². The first-order valence-electron chi connectivity index (χ1n) is 13.1. The number of benzene rings is 2. The molecule has 0 aliphatic carbocycles. The van der Waals surface area contributed by atoms with Gasteiger partial charge in [-0.15, -0.1) is 11.3 Å². The molecule has 2 aromatic heterocycles. The van der Waals surface area contributed by atoms with Crippen LogP contribution in [0.3, 0.4) is 0 Å². The molecule has 9 nitrogen and oxygen atoms in total. The zero-order chi connectivity index (χ0) is 29.1. The van der Waals surface area contributed by atoms with E-state index in [0.717, 1.165) is 56.5 Å². The Bertz CT molecular complexity index is 1530. The van der Waals surface area contributed by atoms with Crippen LogP contribution in [0.2, 0.25) is 0 Å². The van der Waals surface area contributed by atoms with Crippen molar-refractivity contribution in [2.75, 3.05) is 46.4 Å². The topological polar surface area (TPSA) is 106 Å². The van der Waals surface area contributed by atoms with E-state index in [1.807, 2.05) is 0 Å². The summed E-state index contributed by atoms with van der Waals surface area (Å²) >= 11 is 1.01. The lowest BCUT2D eigenvalue weighted by molar-refractivity contribution is -0.138. The molecule has 1 aliphatic heterocycles. The van der Waals surface area contributed by atoms with Gasteiger partial charge in [-0.25, -0.2) is 4.98 Å². The Hall–Kier alpha value is -3.81. The van der Waals surface area contributed by atoms with Gasteiger partial charge < -0.3 is 30.1 Å². The maximum atomic E-state index is 13.4. The minimum atomic E-state index is -4.54. The Morgan fingerprint density at radius 2 is 1.85 bits per heavy atom. The third-order valence-corrected chi connectivity index (χ3v) is 8.08. The predicted molar refractivity (Wildman–Crippen MR) is 149 cm³/mol. The summed E-state index contributed by atoms with van der Waals surface area (Å²) in [4.78, 5) is 21.3. The quantitative estimate of drug-likeness (QED) is 0.262. The number of fused-ring (bicyclic) bond motifs is 1. The second-order valence-electron chi connectivity index (χ2n) is 9.86. The molecule has 0 atom stereocenters. The highest BCUT2D eigenvalue weighted by molar-refractivity contribution is 7.16. The van der Waals surface area contributed by atoms with Crippen molar-refractivity contribution >= 4 is 28.3 Å². The number of likely N-dealkylation sites (N-methyl/N-ethyl adjacent to an activating group) is 1. The summed E-state index contributed by atoms with van der Waals surface area (Å²) in [6.45, 7) is 5.10. The molecule has 13 heteroatoms. The van der Waals surface area contributed by atoms with Crippen molar-refractivity contribution in [2.24, 2.45) is 5.73 Å². The molecule has 0 saturated carbocycles. The van der Waals surface area contributed by atoms with Crippen molar-refractivity contribution in [3.05, 3.63) is 64.8 Å². The van der Waals surface area contributed by atoms with Gasteiger partial charge in [0.15, 0.2) is 11.5 Å². The van der Waals surface area contributed by atoms with Gasteiger partial charge in [-0.05, 0) is 19.5 Å². The highest BCUT2D eigenvalue weighted by Gasteiger charge is 2.33. The highest BCUT2D eigenvalue weighted by atomic mass is 32.1. The molecule has 5 rings (SSSR count). The number of piperazine rings is 1. The minimum Gasteiger partial charge on any atom is -0.504 e. The van der Waals surface area contributed by atoms with Crippen LogP contribution in [0.1, 0.15) is 27.2 Å². The molecule has 4 aromatic rings. The number of carbonyl (C=O) groups excluding carboxylic acids is 1. The number of hydrogen-bond acceptors (Lipinski definition) is 8. The largest absolute Gasteiger partial charge is 0.504 e. The Kier molecular flexibility index (Phi) is 8.38. The van der Waals surface area contributed by atoms with E-state index in [2.05, 4.69) is 21.8 Å². The van der Waals surface area contributed by atoms with Crippen LogP contribution >= 0.6 is 11.3 Å². The fourth-order valence-electron chi connectivity index (χ4n) is 4.70. The number of ether oxygens (including phenoxy) is 2. The van der Waals surface area contributed by atoms with Crippen molar-refractivity contribution in [1.29, 1.82) is 0 Å². The summed E-state index contributed by atoms with van der Waals surface area (Å²) < 4.78 is 53.3. The molecule has 3 N–H and O–H groups in total. The molecule has 0 radical (unpaired) electrons. The monoisotopic (exact) mass is 589 g/mol. The smallest absolute Gasteiger partial charge is 0.416 e. The van der Waals surface area contributed by atoms with Crippen LogP contribution in [0.4, 0.5) is 13.2 Å². The van der Waals surface area contributed by atoms with Crippen LogP contribution in [0.15, 0.2) is 48.8 Å². The van der Waals surface area contributed by atoms with Gasteiger partial charge in [-0.1, -0.05) is 18.2 Å². The first-order chi connectivity index (χ1) is 19.6. The van der Waals surface area contributed by atoms with E-state index in [1.54, 1.807) is 10.6 Å². The van der Waals surface area contributed by atoms with E-state index >= 15 is 0 Å². The number of hydrogen-bond donors (Lipinski definition) is 2. The molecule has 218 valence electrons. The average molecular weight is 590 g/mol. The number of amides is 1. The van der Waals surface area contributed by atoms with Gasteiger partial charge >= 0.3 is 6.18 Å². The van der Waals surface area contributed by atoms with E-state index in [0.29, 0.717) is 28.4 Å². The zero-order valence-electron chi connectivity index (χ0n) is 22.4. The number of carbonyl (C=O) groups is 1. The van der Waals surface area contributed by atoms with Gasteiger partial charge in [0.25, 0.3) is 5.91 Å². The number of alkyl halides is 3. The Morgan fingerprint density at radius 3 is 2.59 bits per heavy atom. The van der Waals surface area contributed by atoms with Gasteiger partial charge in [0, 0.05) is 56.5 Å². The number of phenolic OH excluding ortho intramolecular Hbond substituents is 1. The van der Waals surface area contributed by atoms with Crippen LogP contribution in [-0.4, -0.2) is 76.7 Å². The second-order valence-corrected chi connectivity index (χ2v) is 10.9. The van der Waals surface area contributed by atoms with E-state index in [-0.39, 0.29) is 21.9 Å². The molecule has 41 heavy (non-hydrogen) atoms. The molecule has 2 aromatic carbocycles. The number of halogens is 3. The van der Waals surface area contributed by atoms with Gasteiger partial charge in [0.2, 0.25) is 0 Å². The number of nitrogens with zero attached hydrogens (tertiary/aromatic N) is 4. The van der Waals surface area contributed by atoms with Crippen LogP contribution in [0.5, 0.6) is 17.2 Å². The van der Waals surface area contributed by atoms with Gasteiger partial charge in [0.1, 0.15) is 28.6 Å². The van der Waals surface area contributed by atoms with E-state index in [9.17, 15) is 23.1 Å². The zero-order valence-corrected chi connectivity index (χ0v) is 23.2. The first-order valence-corrected chi connectivity index (χ1v) is 13.9. The Labute approximate surface area is 238 Å². The Morgan fingerprint density at radius 1 is 1.10 bits per heavy atom. The molecule has 0 bridgehead atoms. The van der Waals surface area contributed by atoms with Crippen molar-refractivity contribution in [1.82, 2.24) is 19.4 Å². The first kappa shape index (κ1) is 28.7. The summed E-state index contributed by atoms with van der Waals surface area (Å²) in [7, 11) is 2.12. The van der Waals surface area contributed by atoms with Crippen LogP contribution in [0.25, 0.3) is 16.0 Å². The van der Waals surface area contributed by atoms with Crippen molar-refractivity contribution in [2.45, 2.75) is 19.2 Å². The van der Waals surface area contributed by atoms with E-state index in [1.165, 1.54) is 36.7 Å². The average Bonchev–Trinajstić information content (AvgIpc) is 3.54. The predicted octanol–water partition coefficient (Wildman–Crippen LogP) is 4.51. The lowest BCUT2D eigenvalue weighted by Crippen LogP contribution is -2.44. The highest BCUT2D eigenvalue weighted by Crippen LogP contribution is 2.38. The maximum Gasteiger partial charge on any atom is 0.416 e. The Balaban J connectivity index is 1.30. The molecular weight excluding hydrogens is 559 g/mol. The van der Waals surface area contributed by atoms with Crippen molar-refractivity contribution in [3.8, 4) is 22.2 Å². The van der Waals surface area contributed by atoms with Crippen molar-refractivity contribution in [3.63, 3.8) is 0 Å². The number of imidazole rings is 1. The number of primary amides is 1. The maximum absolute atomic E-state index is 13.4. The molecule has 1 fully saturated rings. The lowest BCUT2D eigenvalue weighted by Gasteiger charge is -2.32. The summed E-state index contributed by atoms with van der Waals surface area (Å²) in [5.74, 6) is -0.469. The standard InChI is InChI=1S/C28H30F3N5O4S/c1-34-8-10-35(11-9-34)7-4-12-39-23-13-20-21(14-22(23)37)36(17-33-20)25-15-24(26(41-25)27(32)38)40-16-18-5-2-3-6-19(18)28(29,30)31/h2-3,5-6,13-15,17,37H,4,7-12,16H2,1H3,(H2,32,38). The molecular formula is C28H30F3N5O4S. The summed E-state index contributed by atoms with van der Waals surface area (Å²) in [5, 5.41) is 11.1. The minimum absolute atomic E-state index is 0.0517. The van der Waals surface area contributed by atoms with Crippen molar-refractivity contribution < 1.29 is 32.5 Å². The van der Waals surface area contributed by atoms with E-state index < -0.39 is 24.3 Å². The number of thiophene rings is 1. The normalized spacial score (nSPS) is 14.9. The molecule has 0 unspecified atom stereocenters. The molecule has 1 amide bonds. The molecule has 1 aliphatic rings. The SMILES string of the molecule is CN1CCN(CCCOc2cc3ncn(-c4cc(OCc5ccccc5C(F)(F)F)c(C(N)=O)s4)c3cc2O)CC1. The number of aromatic hydroxyl groups is 1. The van der Waals surface area contributed by atoms with Gasteiger partial charge in [-0.2, -0.15) is 13.2 Å². The van der Waals surface area contributed by atoms with Crippen LogP contribution in [0, 0.1) is 0 Å². The third-order valence-electron chi connectivity index (χ3n) is 6.95. The van der Waals surface area contributed by atoms with Gasteiger partial charge in [-0.3, -0.25) is 9.36 Å².